The minimum atomic E-state index is -4.12. The van der Waals surface area contributed by atoms with E-state index < -0.39 is 14.6 Å². The van der Waals surface area contributed by atoms with E-state index in [1.807, 2.05) is 31.3 Å². The number of methoxy groups -OCH3 is 3. The molecule has 3 aromatic carbocycles. The van der Waals surface area contributed by atoms with Crippen LogP contribution in [-0.4, -0.2) is 53.2 Å². The maximum atomic E-state index is 14.2. The third kappa shape index (κ3) is 5.58. The molecule has 0 radical (unpaired) electrons. The molecule has 0 fully saturated rings. The van der Waals surface area contributed by atoms with E-state index in [0.29, 0.717) is 35.8 Å². The van der Waals surface area contributed by atoms with Gasteiger partial charge in [-0.1, -0.05) is 36.4 Å². The molecule has 8 nitrogen and oxygen atoms in total. The van der Waals surface area contributed by atoms with Crippen LogP contribution in [0.2, 0.25) is 0 Å². The molecule has 0 saturated heterocycles. The molecule has 214 valence electrons. The normalized spacial score (nSPS) is 13.8. The molecule has 0 bridgehead atoms. The van der Waals surface area contributed by atoms with E-state index >= 15 is 0 Å². The molecular weight excluding hydrogens is 538 g/mol. The van der Waals surface area contributed by atoms with Crippen molar-refractivity contribution in [1.29, 1.82) is 5.26 Å². The Hall–Kier alpha value is -4.13. The fourth-order valence-electron chi connectivity index (χ4n) is 5.21. The van der Waals surface area contributed by atoms with Gasteiger partial charge >= 0.3 is 0 Å². The third-order valence-electron chi connectivity index (χ3n) is 7.68. The van der Waals surface area contributed by atoms with Crippen molar-refractivity contribution in [3.05, 3.63) is 90.1 Å². The lowest BCUT2D eigenvalue weighted by Crippen LogP contribution is -2.36. The van der Waals surface area contributed by atoms with Crippen LogP contribution < -0.4 is 14.2 Å². The van der Waals surface area contributed by atoms with E-state index in [-0.39, 0.29) is 17.4 Å². The van der Waals surface area contributed by atoms with Crippen molar-refractivity contribution < 1.29 is 22.6 Å². The lowest BCUT2D eigenvalue weighted by molar-refractivity contribution is 0.254. The Morgan fingerprint density at radius 1 is 0.927 bits per heavy atom. The molecule has 41 heavy (non-hydrogen) atoms. The molecule has 0 aliphatic rings. The van der Waals surface area contributed by atoms with Crippen molar-refractivity contribution in [1.82, 2.24) is 9.88 Å². The highest BCUT2D eigenvalue weighted by atomic mass is 32.2. The number of ether oxygens (including phenoxy) is 3. The van der Waals surface area contributed by atoms with Crippen LogP contribution in [0.15, 0.2) is 83.9 Å². The van der Waals surface area contributed by atoms with E-state index in [9.17, 15) is 13.7 Å². The first kappa shape index (κ1) is 29.8. The summed E-state index contributed by atoms with van der Waals surface area (Å²) in [6.45, 7) is 2.65. The van der Waals surface area contributed by atoms with Crippen molar-refractivity contribution >= 4 is 20.7 Å². The number of aromatic nitrogens is 1. The molecule has 1 aromatic heterocycles. The highest BCUT2D eigenvalue weighted by Gasteiger charge is 2.47. The largest absolute Gasteiger partial charge is 0.494 e. The van der Waals surface area contributed by atoms with Gasteiger partial charge in [0.1, 0.15) is 11.3 Å². The average Bonchev–Trinajstić information content (AvgIpc) is 3.02. The summed E-state index contributed by atoms with van der Waals surface area (Å²) in [5.41, 5.74) is 2.21. The number of sulfone groups is 1. The predicted molar refractivity (Wildman–Crippen MR) is 159 cm³/mol. The molecule has 2 atom stereocenters. The van der Waals surface area contributed by atoms with Crippen LogP contribution in [0.3, 0.4) is 0 Å². The molecule has 4 rings (SSSR count). The summed E-state index contributed by atoms with van der Waals surface area (Å²) < 4.78 is 42.8. The monoisotopic (exact) mass is 573 g/mol. The summed E-state index contributed by atoms with van der Waals surface area (Å²) >= 11 is 0. The number of nitriles is 1. The van der Waals surface area contributed by atoms with Crippen LogP contribution in [-0.2, 0) is 14.6 Å². The van der Waals surface area contributed by atoms with E-state index in [2.05, 4.69) is 22.9 Å². The van der Waals surface area contributed by atoms with E-state index in [4.69, 9.17) is 14.2 Å². The number of pyridine rings is 1. The smallest absolute Gasteiger partial charge is 0.201 e. The molecule has 0 spiro atoms. The highest BCUT2D eigenvalue weighted by Crippen LogP contribution is 2.42. The maximum absolute atomic E-state index is 14.2. The number of benzene rings is 3. The van der Waals surface area contributed by atoms with Crippen LogP contribution in [0, 0.1) is 11.3 Å². The van der Waals surface area contributed by atoms with Gasteiger partial charge in [0.05, 0.1) is 32.3 Å². The summed E-state index contributed by atoms with van der Waals surface area (Å²) in [7, 11) is 2.50. The Morgan fingerprint density at radius 2 is 1.61 bits per heavy atom. The Labute approximate surface area is 242 Å². The van der Waals surface area contributed by atoms with Crippen molar-refractivity contribution in [2.24, 2.45) is 0 Å². The number of fused-ring (bicyclic) bond motifs is 1. The van der Waals surface area contributed by atoms with Crippen molar-refractivity contribution in [3.8, 4) is 23.3 Å². The summed E-state index contributed by atoms with van der Waals surface area (Å²) in [6.07, 6.45) is 2.27. The molecule has 0 aliphatic carbocycles. The fourth-order valence-corrected chi connectivity index (χ4v) is 7.10. The Balaban J connectivity index is 1.67. The van der Waals surface area contributed by atoms with E-state index in [1.54, 1.807) is 49.7 Å². The van der Waals surface area contributed by atoms with Gasteiger partial charge in [-0.25, -0.2) is 8.42 Å². The summed E-state index contributed by atoms with van der Waals surface area (Å²) in [5, 5.41) is 11.6. The second kappa shape index (κ2) is 12.6. The number of hydrogen-bond acceptors (Lipinski definition) is 8. The number of rotatable bonds is 12. The first-order valence-corrected chi connectivity index (χ1v) is 14.8. The van der Waals surface area contributed by atoms with Gasteiger partial charge in [0.25, 0.3) is 0 Å². The van der Waals surface area contributed by atoms with Crippen LogP contribution in [0.4, 0.5) is 0 Å². The second-order valence-electron chi connectivity index (χ2n) is 9.84. The topological polar surface area (TPSA) is 102 Å². The lowest BCUT2D eigenvalue weighted by Gasteiger charge is -2.30. The first-order chi connectivity index (χ1) is 19.7. The molecule has 0 aliphatic heterocycles. The van der Waals surface area contributed by atoms with Crippen molar-refractivity contribution in [3.63, 3.8) is 0 Å². The lowest BCUT2D eigenvalue weighted by atomic mass is 9.93. The molecule has 2 unspecified atom stereocenters. The maximum Gasteiger partial charge on any atom is 0.201 e. The summed E-state index contributed by atoms with van der Waals surface area (Å²) in [5.74, 6) is 1.52. The van der Waals surface area contributed by atoms with Gasteiger partial charge in [0.2, 0.25) is 9.84 Å². The Bertz CT molecular complexity index is 1650. The molecule has 0 N–H and O–H groups in total. The molecule has 0 amide bonds. The van der Waals surface area contributed by atoms with Gasteiger partial charge in [0, 0.05) is 17.6 Å². The number of hydrogen-bond donors (Lipinski definition) is 0. The van der Waals surface area contributed by atoms with Gasteiger partial charge in [-0.2, -0.15) is 5.26 Å². The van der Waals surface area contributed by atoms with Crippen LogP contribution in [0.1, 0.15) is 36.9 Å². The predicted octanol–water partition coefficient (Wildman–Crippen LogP) is 5.93. The van der Waals surface area contributed by atoms with Crippen LogP contribution in [0.25, 0.3) is 10.9 Å². The van der Waals surface area contributed by atoms with Crippen molar-refractivity contribution in [2.75, 3.05) is 34.9 Å². The average molecular weight is 574 g/mol. The minimum Gasteiger partial charge on any atom is -0.494 e. The Morgan fingerprint density at radius 3 is 2.27 bits per heavy atom. The molecule has 1 heterocycles. The molecule has 9 heteroatoms. The standard InChI is InChI=1S/C32H35N3O5S/c1-23(26-15-17-29(39-4)31-27(26)13-9-19-34-31)35(2)20-10-18-32(22-33,41(36,37)25-11-7-6-8-12-25)24-14-16-28(38-3)30(21-24)40-5/h6-9,11-17,19,21,23H,10,18,20H2,1-5H3. The van der Waals surface area contributed by atoms with Gasteiger partial charge in [-0.05, 0) is 80.9 Å². The minimum absolute atomic E-state index is 0.00379. The SMILES string of the molecule is COc1ccc(C(C#N)(CCCN(C)C(C)c2ccc(OC)c3ncccc23)S(=O)(=O)c2ccccc2)cc1OC. The number of nitrogens with zero attached hydrogens (tertiary/aromatic N) is 3. The van der Waals surface area contributed by atoms with E-state index in [0.717, 1.165) is 16.5 Å². The zero-order valence-electron chi connectivity index (χ0n) is 24.0. The third-order valence-corrected chi connectivity index (χ3v) is 10.0. The zero-order valence-corrected chi connectivity index (χ0v) is 24.8. The first-order valence-electron chi connectivity index (χ1n) is 13.3. The van der Waals surface area contributed by atoms with Gasteiger partial charge < -0.3 is 14.2 Å². The Kier molecular flexibility index (Phi) is 9.16. The van der Waals surface area contributed by atoms with Crippen molar-refractivity contribution in [2.45, 2.75) is 35.4 Å². The summed E-state index contributed by atoms with van der Waals surface area (Å²) in [6, 6.07) is 23.1. The quantitative estimate of drug-likeness (QED) is 0.206. The van der Waals surface area contributed by atoms with Gasteiger partial charge in [-0.15, -0.1) is 0 Å². The van der Waals surface area contributed by atoms with Gasteiger partial charge in [0.15, 0.2) is 16.2 Å². The van der Waals surface area contributed by atoms with Crippen LogP contribution in [0.5, 0.6) is 17.2 Å². The zero-order chi connectivity index (χ0) is 29.6. The summed E-state index contributed by atoms with van der Waals surface area (Å²) in [4.78, 5) is 6.76. The molecule has 0 saturated carbocycles. The van der Waals surface area contributed by atoms with Gasteiger partial charge in [-0.3, -0.25) is 9.88 Å². The highest BCUT2D eigenvalue weighted by molar-refractivity contribution is 7.92. The second-order valence-corrected chi connectivity index (χ2v) is 12.0. The van der Waals surface area contributed by atoms with E-state index in [1.165, 1.54) is 26.4 Å². The molecule has 4 aromatic rings. The van der Waals surface area contributed by atoms with Crippen LogP contribution >= 0.6 is 0 Å². The molecular formula is C32H35N3O5S. The fraction of sp³-hybridized carbons (Fsp3) is 0.312.